The minimum absolute atomic E-state index is 0.115. The second kappa shape index (κ2) is 7.69. The van der Waals surface area contributed by atoms with Crippen molar-refractivity contribution >= 4 is 23.4 Å². The lowest BCUT2D eigenvalue weighted by Crippen LogP contribution is -2.28. The van der Waals surface area contributed by atoms with Crippen molar-refractivity contribution < 1.29 is 9.53 Å². The largest absolute Gasteiger partial charge is 0.495 e. The molecule has 0 bridgehead atoms. The van der Waals surface area contributed by atoms with Crippen LogP contribution < -0.4 is 20.9 Å². The van der Waals surface area contributed by atoms with Crippen LogP contribution in [0.2, 0.25) is 0 Å². The van der Waals surface area contributed by atoms with E-state index in [1.807, 2.05) is 31.2 Å². The van der Waals surface area contributed by atoms with Gasteiger partial charge in [0, 0.05) is 12.6 Å². The molecule has 0 radical (unpaired) electrons. The summed E-state index contributed by atoms with van der Waals surface area (Å²) >= 11 is 0. The average Bonchev–Trinajstić information content (AvgIpc) is 2.66. The number of ether oxygens (including phenoxy) is 1. The number of methoxy groups -OCH3 is 1. The molecular weight excluding hydrogens is 346 g/mol. The number of carbonyl (C=O) groups excluding carboxylic acids is 1. The first-order valence-corrected chi connectivity index (χ1v) is 8.21. The summed E-state index contributed by atoms with van der Waals surface area (Å²) in [6.07, 6.45) is 0. The third-order valence-corrected chi connectivity index (χ3v) is 3.86. The number of nitrogens with one attached hydrogen (secondary N) is 2. The summed E-state index contributed by atoms with van der Waals surface area (Å²) in [5.41, 5.74) is 1.59. The van der Waals surface area contributed by atoms with Gasteiger partial charge in [-0.3, -0.25) is 9.59 Å². The summed E-state index contributed by atoms with van der Waals surface area (Å²) in [6, 6.07) is 14.2. The van der Waals surface area contributed by atoms with Crippen LogP contribution in [0.15, 0.2) is 53.3 Å². The third kappa shape index (κ3) is 4.12. The van der Waals surface area contributed by atoms with Gasteiger partial charge >= 0.3 is 5.56 Å². The molecule has 1 aromatic heterocycles. The number of para-hydroxylation sites is 2. The Labute approximate surface area is 155 Å². The van der Waals surface area contributed by atoms with Crippen molar-refractivity contribution in [1.29, 1.82) is 0 Å². The number of amides is 1. The van der Waals surface area contributed by atoms with Gasteiger partial charge in [-0.25, -0.2) is 4.68 Å². The topological polar surface area (TPSA) is 98.1 Å². The number of carbonyl (C=O) groups is 1. The van der Waals surface area contributed by atoms with Crippen LogP contribution in [0.1, 0.15) is 15.9 Å². The molecule has 8 heteroatoms. The van der Waals surface area contributed by atoms with E-state index in [1.165, 1.54) is 7.05 Å². The number of benzene rings is 2. The molecular formula is C19H19N5O3. The Hall–Kier alpha value is -3.68. The molecule has 3 aromatic rings. The lowest BCUT2D eigenvalue weighted by Gasteiger charge is -2.11. The monoisotopic (exact) mass is 365 g/mol. The van der Waals surface area contributed by atoms with E-state index < -0.39 is 11.5 Å². The van der Waals surface area contributed by atoms with E-state index in [1.54, 1.807) is 31.4 Å². The van der Waals surface area contributed by atoms with Crippen molar-refractivity contribution in [2.75, 3.05) is 17.7 Å². The lowest BCUT2D eigenvalue weighted by molar-refractivity contribution is 0.102. The van der Waals surface area contributed by atoms with Crippen LogP contribution in [0, 0.1) is 6.92 Å². The first-order chi connectivity index (χ1) is 13.0. The molecule has 8 nitrogen and oxygen atoms in total. The van der Waals surface area contributed by atoms with Crippen molar-refractivity contribution in [2.24, 2.45) is 7.05 Å². The summed E-state index contributed by atoms with van der Waals surface area (Å²) in [5, 5.41) is 9.61. The van der Waals surface area contributed by atoms with Crippen molar-refractivity contribution in [1.82, 2.24) is 14.8 Å². The summed E-state index contributed by atoms with van der Waals surface area (Å²) in [7, 11) is 3.04. The summed E-state index contributed by atoms with van der Waals surface area (Å²) < 4.78 is 6.38. The standard InChI is InChI=1S/C19H19N5O3/c1-12-8-10-13(11-9-12)17(25)21-16-18(26)24(2)23-19(22-16)20-14-6-4-5-7-15(14)27-3/h4-11H,1-3H3,(H2,20,21,22,23,25). The molecule has 2 N–H and O–H groups in total. The molecule has 3 rings (SSSR count). The fourth-order valence-corrected chi connectivity index (χ4v) is 2.40. The number of nitrogens with zero attached hydrogens (tertiary/aromatic N) is 3. The molecule has 0 spiro atoms. The van der Waals surface area contributed by atoms with Crippen LogP contribution in [0.3, 0.4) is 0 Å². The molecule has 0 fully saturated rings. The van der Waals surface area contributed by atoms with E-state index in [4.69, 9.17) is 4.74 Å². The van der Waals surface area contributed by atoms with Crippen LogP contribution in [0.25, 0.3) is 0 Å². The van der Waals surface area contributed by atoms with Gasteiger partial charge in [-0.05, 0) is 31.2 Å². The first-order valence-electron chi connectivity index (χ1n) is 8.21. The van der Waals surface area contributed by atoms with Gasteiger partial charge in [0.25, 0.3) is 5.91 Å². The minimum atomic E-state index is -0.513. The number of anilines is 3. The van der Waals surface area contributed by atoms with E-state index in [-0.39, 0.29) is 11.8 Å². The molecule has 1 amide bonds. The number of aromatic nitrogens is 3. The Balaban J connectivity index is 1.89. The zero-order valence-electron chi connectivity index (χ0n) is 15.2. The average molecular weight is 365 g/mol. The summed E-state index contributed by atoms with van der Waals surface area (Å²) in [4.78, 5) is 28.8. The fourth-order valence-electron chi connectivity index (χ4n) is 2.40. The molecule has 27 heavy (non-hydrogen) atoms. The van der Waals surface area contributed by atoms with Gasteiger partial charge in [0.15, 0.2) is 0 Å². The van der Waals surface area contributed by atoms with Crippen LogP contribution >= 0.6 is 0 Å². The van der Waals surface area contributed by atoms with Crippen molar-refractivity contribution in [3.05, 3.63) is 70.0 Å². The molecule has 0 saturated carbocycles. The van der Waals surface area contributed by atoms with Gasteiger partial charge in [0.05, 0.1) is 12.8 Å². The normalized spacial score (nSPS) is 10.3. The maximum atomic E-state index is 12.4. The highest BCUT2D eigenvalue weighted by Crippen LogP contribution is 2.25. The Morgan fingerprint density at radius 2 is 1.81 bits per heavy atom. The van der Waals surface area contributed by atoms with E-state index >= 15 is 0 Å². The number of aryl methyl sites for hydroxylation is 2. The fraction of sp³-hybridized carbons (Fsp3) is 0.158. The molecule has 0 unspecified atom stereocenters. The van der Waals surface area contributed by atoms with Crippen LogP contribution in [-0.4, -0.2) is 27.8 Å². The first kappa shape index (κ1) is 18.1. The second-order valence-corrected chi connectivity index (χ2v) is 5.86. The van der Waals surface area contributed by atoms with Crippen molar-refractivity contribution in [2.45, 2.75) is 6.92 Å². The van der Waals surface area contributed by atoms with E-state index in [0.29, 0.717) is 17.0 Å². The van der Waals surface area contributed by atoms with Crippen molar-refractivity contribution in [3.8, 4) is 5.75 Å². The molecule has 0 aliphatic carbocycles. The Morgan fingerprint density at radius 1 is 1.11 bits per heavy atom. The SMILES string of the molecule is COc1ccccc1Nc1nc(NC(=O)c2ccc(C)cc2)c(=O)n(C)n1. The molecule has 0 aliphatic heterocycles. The molecule has 1 heterocycles. The molecule has 0 atom stereocenters. The third-order valence-electron chi connectivity index (χ3n) is 3.86. The van der Waals surface area contributed by atoms with Crippen LogP contribution in [0.5, 0.6) is 5.75 Å². The maximum absolute atomic E-state index is 12.4. The van der Waals surface area contributed by atoms with E-state index in [9.17, 15) is 9.59 Å². The maximum Gasteiger partial charge on any atom is 0.309 e. The predicted molar refractivity (Wildman–Crippen MR) is 103 cm³/mol. The Bertz CT molecular complexity index is 1030. The summed E-state index contributed by atoms with van der Waals surface area (Å²) in [5.74, 6) is 0.213. The van der Waals surface area contributed by atoms with Gasteiger partial charge < -0.3 is 15.4 Å². The van der Waals surface area contributed by atoms with Crippen molar-refractivity contribution in [3.63, 3.8) is 0 Å². The number of hydrogen-bond donors (Lipinski definition) is 2. The zero-order chi connectivity index (χ0) is 19.4. The predicted octanol–water partition coefficient (Wildman–Crippen LogP) is 2.49. The molecule has 2 aromatic carbocycles. The summed E-state index contributed by atoms with van der Waals surface area (Å²) in [6.45, 7) is 1.93. The van der Waals surface area contributed by atoms with E-state index in [2.05, 4.69) is 20.7 Å². The second-order valence-electron chi connectivity index (χ2n) is 5.86. The molecule has 0 aliphatic rings. The lowest BCUT2D eigenvalue weighted by atomic mass is 10.1. The zero-order valence-corrected chi connectivity index (χ0v) is 15.2. The molecule has 138 valence electrons. The Morgan fingerprint density at radius 3 is 2.52 bits per heavy atom. The van der Waals surface area contributed by atoms with Gasteiger partial charge in [-0.1, -0.05) is 29.8 Å². The van der Waals surface area contributed by atoms with Gasteiger partial charge in [-0.15, -0.1) is 5.10 Å². The Kier molecular flexibility index (Phi) is 5.16. The van der Waals surface area contributed by atoms with Gasteiger partial charge in [-0.2, -0.15) is 4.98 Å². The van der Waals surface area contributed by atoms with Crippen LogP contribution in [0.4, 0.5) is 17.5 Å². The highest BCUT2D eigenvalue weighted by molar-refractivity contribution is 6.03. The minimum Gasteiger partial charge on any atom is -0.495 e. The number of rotatable bonds is 5. The van der Waals surface area contributed by atoms with E-state index in [0.717, 1.165) is 10.2 Å². The van der Waals surface area contributed by atoms with Gasteiger partial charge in [0.1, 0.15) is 5.75 Å². The highest BCUT2D eigenvalue weighted by Gasteiger charge is 2.14. The molecule has 0 saturated heterocycles. The highest BCUT2D eigenvalue weighted by atomic mass is 16.5. The smallest absolute Gasteiger partial charge is 0.309 e. The number of hydrogen-bond acceptors (Lipinski definition) is 6. The van der Waals surface area contributed by atoms with Gasteiger partial charge in [0.2, 0.25) is 11.8 Å². The van der Waals surface area contributed by atoms with Crippen LogP contribution in [-0.2, 0) is 7.05 Å². The quantitative estimate of drug-likeness (QED) is 0.721.